The molecule has 3 N–H and O–H groups in total. The average molecular weight is 204 g/mol. The minimum Gasteiger partial charge on any atom is -0.481 e. The van der Waals surface area contributed by atoms with E-state index in [2.05, 4.69) is 9.97 Å². The number of carboxylic acids is 1. The van der Waals surface area contributed by atoms with Crippen molar-refractivity contribution in [2.75, 3.05) is 0 Å². The molecule has 0 atom stereocenters. The maximum absolute atomic E-state index is 9.00. The topological polar surface area (TPSA) is 89.1 Å². The molecule has 0 radical (unpaired) electrons. The van der Waals surface area contributed by atoms with Gasteiger partial charge in [-0.2, -0.15) is 0 Å². The quantitative estimate of drug-likeness (QED) is 0.701. The molecule has 6 heteroatoms. The molecule has 1 aromatic heterocycles. The minimum atomic E-state index is -0.833. The Kier molecular flexibility index (Phi) is 5.75. The number of aromatic nitrogens is 2. The molecule has 0 unspecified atom stereocenters. The van der Waals surface area contributed by atoms with E-state index in [0.29, 0.717) is 17.4 Å². The monoisotopic (exact) mass is 203 g/mol. The predicted octanol–water partition coefficient (Wildman–Crippen LogP) is 0.680. The number of rotatable bonds is 1. The van der Waals surface area contributed by atoms with Gasteiger partial charge < -0.3 is 10.8 Å². The van der Waals surface area contributed by atoms with Crippen molar-refractivity contribution in [2.45, 2.75) is 13.5 Å². The Morgan fingerprint density at radius 2 is 2.08 bits per heavy atom. The van der Waals surface area contributed by atoms with Gasteiger partial charge in [-0.25, -0.2) is 4.98 Å². The molecule has 0 bridgehead atoms. The summed E-state index contributed by atoms with van der Waals surface area (Å²) < 4.78 is 0. The molecule has 1 heterocycles. The van der Waals surface area contributed by atoms with Crippen molar-refractivity contribution in [1.82, 2.24) is 9.97 Å². The SMILES string of the molecule is CC(=O)O.NCc1nccnc1Cl. The molecule has 0 amide bonds. The van der Waals surface area contributed by atoms with Crippen LogP contribution in [0.15, 0.2) is 12.4 Å². The fourth-order valence-corrected chi connectivity index (χ4v) is 0.669. The molecule has 0 aliphatic heterocycles. The van der Waals surface area contributed by atoms with Gasteiger partial charge in [-0.15, -0.1) is 0 Å². The Morgan fingerprint density at radius 3 is 2.38 bits per heavy atom. The second kappa shape index (κ2) is 6.33. The summed E-state index contributed by atoms with van der Waals surface area (Å²) in [5.74, 6) is -0.833. The van der Waals surface area contributed by atoms with E-state index < -0.39 is 5.97 Å². The third kappa shape index (κ3) is 6.01. The van der Waals surface area contributed by atoms with Crippen LogP contribution in [-0.2, 0) is 11.3 Å². The molecule has 5 nitrogen and oxygen atoms in total. The van der Waals surface area contributed by atoms with Crippen LogP contribution >= 0.6 is 11.6 Å². The number of carbonyl (C=O) groups is 1. The molecule has 0 aromatic carbocycles. The van der Waals surface area contributed by atoms with Crippen molar-refractivity contribution in [3.05, 3.63) is 23.2 Å². The van der Waals surface area contributed by atoms with Crippen molar-refractivity contribution >= 4 is 17.6 Å². The van der Waals surface area contributed by atoms with Crippen LogP contribution in [0.2, 0.25) is 5.15 Å². The minimum absolute atomic E-state index is 0.340. The fraction of sp³-hybridized carbons (Fsp3) is 0.286. The first-order chi connectivity index (χ1) is 6.07. The van der Waals surface area contributed by atoms with E-state index in [1.165, 1.54) is 6.20 Å². The number of carboxylic acid groups (broad SMARTS) is 1. The van der Waals surface area contributed by atoms with Gasteiger partial charge in [0, 0.05) is 25.9 Å². The van der Waals surface area contributed by atoms with Crippen molar-refractivity contribution in [3.8, 4) is 0 Å². The van der Waals surface area contributed by atoms with Gasteiger partial charge in [-0.05, 0) is 0 Å². The Balaban J connectivity index is 0.000000310. The Labute approximate surface area is 80.6 Å². The molecule has 0 fully saturated rings. The van der Waals surface area contributed by atoms with E-state index in [-0.39, 0.29) is 0 Å². The van der Waals surface area contributed by atoms with Gasteiger partial charge in [0.05, 0.1) is 5.69 Å². The molecule has 0 spiro atoms. The van der Waals surface area contributed by atoms with Crippen LogP contribution in [0.5, 0.6) is 0 Å². The Hall–Kier alpha value is -1.20. The van der Waals surface area contributed by atoms with Crippen LogP contribution in [0.25, 0.3) is 0 Å². The van der Waals surface area contributed by atoms with Crippen molar-refractivity contribution in [2.24, 2.45) is 5.73 Å². The van der Waals surface area contributed by atoms with Crippen molar-refractivity contribution in [3.63, 3.8) is 0 Å². The van der Waals surface area contributed by atoms with Crippen LogP contribution < -0.4 is 5.73 Å². The lowest BCUT2D eigenvalue weighted by molar-refractivity contribution is -0.134. The summed E-state index contributed by atoms with van der Waals surface area (Å²) in [5.41, 5.74) is 5.90. The van der Waals surface area contributed by atoms with Gasteiger partial charge in [0.1, 0.15) is 0 Å². The molecular formula is C7H10ClN3O2. The lowest BCUT2D eigenvalue weighted by Gasteiger charge is -1.94. The number of nitrogens with two attached hydrogens (primary N) is 1. The number of halogens is 1. The molecule has 0 saturated carbocycles. The Morgan fingerprint density at radius 1 is 1.62 bits per heavy atom. The predicted molar refractivity (Wildman–Crippen MR) is 48.2 cm³/mol. The molecule has 1 aromatic rings. The average Bonchev–Trinajstić information content (AvgIpc) is 2.04. The third-order valence-electron chi connectivity index (χ3n) is 0.916. The maximum atomic E-state index is 9.00. The Bertz CT molecular complexity index is 276. The lowest BCUT2D eigenvalue weighted by Crippen LogP contribution is -2.00. The van der Waals surface area contributed by atoms with E-state index in [4.69, 9.17) is 27.2 Å². The summed E-state index contributed by atoms with van der Waals surface area (Å²) in [6, 6.07) is 0. The van der Waals surface area contributed by atoms with Gasteiger partial charge in [0.2, 0.25) is 0 Å². The van der Waals surface area contributed by atoms with Gasteiger partial charge in [-0.1, -0.05) is 11.6 Å². The van der Waals surface area contributed by atoms with Crippen LogP contribution in [0, 0.1) is 0 Å². The number of hydrogen-bond donors (Lipinski definition) is 2. The molecule has 0 aliphatic rings. The first kappa shape index (κ1) is 11.8. The molecule has 72 valence electrons. The summed E-state index contributed by atoms with van der Waals surface area (Å²) >= 11 is 5.57. The van der Waals surface area contributed by atoms with E-state index in [0.717, 1.165) is 6.92 Å². The lowest BCUT2D eigenvalue weighted by atomic mass is 10.5. The normalized spacial score (nSPS) is 8.54. The molecule has 0 saturated heterocycles. The fourth-order valence-electron chi connectivity index (χ4n) is 0.487. The maximum Gasteiger partial charge on any atom is 0.300 e. The number of nitrogens with zero attached hydrogens (tertiary/aromatic N) is 2. The highest BCUT2D eigenvalue weighted by Crippen LogP contribution is 2.05. The first-order valence-electron chi connectivity index (χ1n) is 3.43. The standard InChI is InChI=1S/C5H6ClN3.C2H4O2/c6-5-4(3-7)8-1-2-9-5;1-2(3)4/h1-2H,3,7H2;1H3,(H,3,4). The summed E-state index contributed by atoms with van der Waals surface area (Å²) in [6.07, 6.45) is 3.09. The largest absolute Gasteiger partial charge is 0.481 e. The van der Waals surface area contributed by atoms with E-state index >= 15 is 0 Å². The van der Waals surface area contributed by atoms with Gasteiger partial charge in [0.25, 0.3) is 5.97 Å². The summed E-state index contributed by atoms with van der Waals surface area (Å²) in [4.78, 5) is 16.7. The van der Waals surface area contributed by atoms with Crippen molar-refractivity contribution < 1.29 is 9.90 Å². The highest BCUT2D eigenvalue weighted by molar-refractivity contribution is 6.29. The number of hydrogen-bond acceptors (Lipinski definition) is 4. The van der Waals surface area contributed by atoms with Crippen molar-refractivity contribution in [1.29, 1.82) is 0 Å². The smallest absolute Gasteiger partial charge is 0.300 e. The van der Waals surface area contributed by atoms with Crippen LogP contribution in [-0.4, -0.2) is 21.0 Å². The van der Waals surface area contributed by atoms with Crippen LogP contribution in [0.4, 0.5) is 0 Å². The summed E-state index contributed by atoms with van der Waals surface area (Å²) in [6.45, 7) is 1.42. The number of aliphatic carboxylic acids is 1. The molecule has 1 rings (SSSR count). The zero-order valence-corrected chi connectivity index (χ0v) is 7.82. The molecule has 13 heavy (non-hydrogen) atoms. The third-order valence-corrected chi connectivity index (χ3v) is 1.23. The van der Waals surface area contributed by atoms with E-state index in [9.17, 15) is 0 Å². The van der Waals surface area contributed by atoms with Gasteiger partial charge in [-0.3, -0.25) is 9.78 Å². The summed E-state index contributed by atoms with van der Waals surface area (Å²) in [5, 5.41) is 7.81. The summed E-state index contributed by atoms with van der Waals surface area (Å²) in [7, 11) is 0. The van der Waals surface area contributed by atoms with Gasteiger partial charge >= 0.3 is 0 Å². The van der Waals surface area contributed by atoms with Crippen LogP contribution in [0.1, 0.15) is 12.6 Å². The van der Waals surface area contributed by atoms with E-state index in [1.807, 2.05) is 0 Å². The molecular weight excluding hydrogens is 194 g/mol. The van der Waals surface area contributed by atoms with Crippen LogP contribution in [0.3, 0.4) is 0 Å². The zero-order valence-electron chi connectivity index (χ0n) is 7.07. The highest BCUT2D eigenvalue weighted by Gasteiger charge is 1.95. The zero-order chi connectivity index (χ0) is 10.3. The first-order valence-corrected chi connectivity index (χ1v) is 3.80. The van der Waals surface area contributed by atoms with Gasteiger partial charge in [0.15, 0.2) is 5.15 Å². The molecule has 0 aliphatic carbocycles. The second-order valence-electron chi connectivity index (χ2n) is 2.02. The van der Waals surface area contributed by atoms with E-state index in [1.54, 1.807) is 6.20 Å². The highest BCUT2D eigenvalue weighted by atomic mass is 35.5. The second-order valence-corrected chi connectivity index (χ2v) is 2.38.